The van der Waals surface area contributed by atoms with Gasteiger partial charge in [-0.2, -0.15) is 0 Å². The number of pyridine rings is 1. The summed E-state index contributed by atoms with van der Waals surface area (Å²) in [5.74, 6) is 0. The third-order valence-corrected chi connectivity index (χ3v) is 2.66. The van der Waals surface area contributed by atoms with Crippen molar-refractivity contribution in [2.45, 2.75) is 0 Å². The van der Waals surface area contributed by atoms with Crippen LogP contribution in [-0.4, -0.2) is 9.91 Å². The third kappa shape index (κ3) is 2.93. The lowest BCUT2D eigenvalue weighted by Gasteiger charge is -1.98. The Bertz CT molecular complexity index is 597. The number of benzene rings is 1. The molecule has 2 aromatic rings. The minimum absolute atomic E-state index is 0.0140. The highest BCUT2D eigenvalue weighted by atomic mass is 35.5. The van der Waals surface area contributed by atoms with Crippen LogP contribution in [0.15, 0.2) is 42.6 Å². The van der Waals surface area contributed by atoms with Crippen LogP contribution in [0, 0.1) is 10.1 Å². The van der Waals surface area contributed by atoms with Gasteiger partial charge in [-0.3, -0.25) is 15.1 Å². The Morgan fingerprint density at radius 3 is 2.72 bits per heavy atom. The fourth-order valence-corrected chi connectivity index (χ4v) is 1.60. The summed E-state index contributed by atoms with van der Waals surface area (Å²) < 4.78 is 0. The number of nitro benzene ring substituents is 1. The predicted molar refractivity (Wildman–Crippen MR) is 71.3 cm³/mol. The molecule has 2 rings (SSSR count). The van der Waals surface area contributed by atoms with Crippen LogP contribution in [0.25, 0.3) is 12.2 Å². The average Bonchev–Trinajstić information content (AvgIpc) is 2.38. The summed E-state index contributed by atoms with van der Waals surface area (Å²) in [5.41, 5.74) is 1.37. The van der Waals surface area contributed by atoms with Crippen molar-refractivity contribution in [1.29, 1.82) is 0 Å². The minimum Gasteiger partial charge on any atom is -0.258 e. The van der Waals surface area contributed by atoms with Crippen molar-refractivity contribution in [2.24, 2.45) is 0 Å². The minimum atomic E-state index is -0.450. The Morgan fingerprint density at radius 2 is 2.06 bits per heavy atom. The van der Waals surface area contributed by atoms with Crippen LogP contribution in [0.4, 0.5) is 5.69 Å². The Hall–Kier alpha value is -2.20. The molecule has 0 N–H and O–H groups in total. The van der Waals surface area contributed by atoms with Crippen molar-refractivity contribution in [3.8, 4) is 0 Å². The molecule has 0 radical (unpaired) electrons. The van der Waals surface area contributed by atoms with Crippen molar-refractivity contribution < 1.29 is 4.92 Å². The molecule has 0 spiro atoms. The molecule has 90 valence electrons. The second kappa shape index (κ2) is 5.42. The van der Waals surface area contributed by atoms with E-state index in [1.54, 1.807) is 18.3 Å². The van der Waals surface area contributed by atoms with Crippen LogP contribution >= 0.6 is 11.6 Å². The molecule has 1 aromatic heterocycles. The van der Waals surface area contributed by atoms with Gasteiger partial charge in [-0.05, 0) is 29.8 Å². The number of rotatable bonds is 3. The number of nitrogens with zero attached hydrogens (tertiary/aromatic N) is 2. The summed E-state index contributed by atoms with van der Waals surface area (Å²) in [4.78, 5) is 14.3. The quantitative estimate of drug-likeness (QED) is 0.623. The van der Waals surface area contributed by atoms with Gasteiger partial charge in [0, 0.05) is 23.4 Å². The summed E-state index contributed by atoms with van der Waals surface area (Å²) in [6.45, 7) is 0. The van der Waals surface area contributed by atoms with Crippen LogP contribution in [0.1, 0.15) is 11.3 Å². The van der Waals surface area contributed by atoms with Crippen LogP contribution in [0.3, 0.4) is 0 Å². The SMILES string of the molecule is O=[N+]([O-])c1ccc(Cl)c(/C=C\c2ccccn2)c1. The topological polar surface area (TPSA) is 56.0 Å². The highest BCUT2D eigenvalue weighted by Gasteiger charge is 2.07. The largest absolute Gasteiger partial charge is 0.270 e. The molecule has 0 aliphatic carbocycles. The first-order valence-electron chi connectivity index (χ1n) is 5.20. The van der Waals surface area contributed by atoms with Crippen LogP contribution in [0.2, 0.25) is 5.02 Å². The van der Waals surface area contributed by atoms with Gasteiger partial charge in [-0.25, -0.2) is 0 Å². The molecule has 0 saturated carbocycles. The van der Waals surface area contributed by atoms with E-state index in [1.165, 1.54) is 18.2 Å². The first-order valence-corrected chi connectivity index (χ1v) is 5.57. The van der Waals surface area contributed by atoms with Gasteiger partial charge in [0.25, 0.3) is 5.69 Å². The van der Waals surface area contributed by atoms with E-state index in [0.29, 0.717) is 10.6 Å². The predicted octanol–water partition coefficient (Wildman–Crippen LogP) is 3.81. The van der Waals surface area contributed by atoms with Crippen LogP contribution in [0.5, 0.6) is 0 Å². The highest BCUT2D eigenvalue weighted by Crippen LogP contribution is 2.23. The highest BCUT2D eigenvalue weighted by molar-refractivity contribution is 6.32. The van der Waals surface area contributed by atoms with Gasteiger partial charge in [0.05, 0.1) is 10.6 Å². The Labute approximate surface area is 109 Å². The smallest absolute Gasteiger partial charge is 0.258 e. The zero-order valence-electron chi connectivity index (χ0n) is 9.29. The Kier molecular flexibility index (Phi) is 3.69. The van der Waals surface area contributed by atoms with Gasteiger partial charge in [0.2, 0.25) is 0 Å². The number of non-ortho nitro benzene ring substituents is 1. The molecule has 0 unspecified atom stereocenters. The molecular formula is C13H9ClN2O2. The molecule has 0 bridgehead atoms. The number of nitro groups is 1. The lowest BCUT2D eigenvalue weighted by atomic mass is 10.1. The molecule has 18 heavy (non-hydrogen) atoms. The molecule has 0 fully saturated rings. The van der Waals surface area contributed by atoms with Gasteiger partial charge < -0.3 is 0 Å². The van der Waals surface area contributed by atoms with E-state index in [2.05, 4.69) is 4.98 Å². The maximum Gasteiger partial charge on any atom is 0.270 e. The van der Waals surface area contributed by atoms with Crippen LogP contribution < -0.4 is 0 Å². The molecule has 1 aromatic carbocycles. The summed E-state index contributed by atoms with van der Waals surface area (Å²) >= 11 is 5.97. The van der Waals surface area contributed by atoms with Crippen molar-refractivity contribution >= 4 is 29.4 Å². The van der Waals surface area contributed by atoms with Crippen molar-refractivity contribution in [2.75, 3.05) is 0 Å². The molecule has 1 heterocycles. The summed E-state index contributed by atoms with van der Waals surface area (Å²) in [7, 11) is 0. The number of hydrogen-bond acceptors (Lipinski definition) is 3. The monoisotopic (exact) mass is 260 g/mol. The van der Waals surface area contributed by atoms with Gasteiger partial charge in [0.15, 0.2) is 0 Å². The van der Waals surface area contributed by atoms with E-state index in [-0.39, 0.29) is 5.69 Å². The standard InChI is InChI=1S/C13H9ClN2O2/c14-13-7-6-12(16(17)18)9-10(13)4-5-11-3-1-2-8-15-11/h1-9H/b5-4-. The third-order valence-electron chi connectivity index (χ3n) is 2.31. The number of hydrogen-bond donors (Lipinski definition) is 0. The second-order valence-electron chi connectivity index (χ2n) is 3.55. The van der Waals surface area contributed by atoms with Crippen molar-refractivity contribution in [1.82, 2.24) is 4.98 Å². The first kappa shape index (κ1) is 12.3. The van der Waals surface area contributed by atoms with E-state index in [1.807, 2.05) is 18.2 Å². The fraction of sp³-hybridized carbons (Fsp3) is 0. The van der Waals surface area contributed by atoms with Crippen LogP contribution in [-0.2, 0) is 0 Å². The Balaban J connectivity index is 2.31. The maximum absolute atomic E-state index is 10.7. The molecule has 0 amide bonds. The maximum atomic E-state index is 10.7. The number of halogens is 1. The number of aromatic nitrogens is 1. The second-order valence-corrected chi connectivity index (χ2v) is 3.96. The summed E-state index contributed by atoms with van der Waals surface area (Å²) in [6.07, 6.45) is 5.14. The van der Waals surface area contributed by atoms with Gasteiger partial charge >= 0.3 is 0 Å². The molecule has 0 saturated heterocycles. The fourth-order valence-electron chi connectivity index (χ4n) is 1.42. The van der Waals surface area contributed by atoms with Gasteiger partial charge in [0.1, 0.15) is 0 Å². The van der Waals surface area contributed by atoms with Crippen molar-refractivity contribution in [3.05, 3.63) is 69.0 Å². The zero-order chi connectivity index (χ0) is 13.0. The molecular weight excluding hydrogens is 252 g/mol. The van der Waals surface area contributed by atoms with E-state index in [0.717, 1.165) is 5.69 Å². The summed E-state index contributed by atoms with van der Waals surface area (Å²) in [5, 5.41) is 11.1. The van der Waals surface area contributed by atoms with Crippen molar-refractivity contribution in [3.63, 3.8) is 0 Å². The normalized spacial score (nSPS) is 10.7. The molecule has 0 aliphatic rings. The first-order chi connectivity index (χ1) is 8.66. The Morgan fingerprint density at radius 1 is 1.22 bits per heavy atom. The van der Waals surface area contributed by atoms with Gasteiger partial charge in [-0.1, -0.05) is 23.7 Å². The van der Waals surface area contributed by atoms with E-state index in [9.17, 15) is 10.1 Å². The summed E-state index contributed by atoms with van der Waals surface area (Å²) in [6, 6.07) is 9.83. The van der Waals surface area contributed by atoms with Gasteiger partial charge in [-0.15, -0.1) is 0 Å². The lowest BCUT2D eigenvalue weighted by Crippen LogP contribution is -1.88. The van der Waals surface area contributed by atoms with E-state index < -0.39 is 4.92 Å². The average molecular weight is 261 g/mol. The lowest BCUT2D eigenvalue weighted by molar-refractivity contribution is -0.384. The van der Waals surface area contributed by atoms with E-state index in [4.69, 9.17) is 11.6 Å². The zero-order valence-corrected chi connectivity index (χ0v) is 10.0. The molecule has 5 heteroatoms. The molecule has 0 atom stereocenters. The molecule has 0 aliphatic heterocycles. The molecule has 4 nitrogen and oxygen atoms in total. The van der Waals surface area contributed by atoms with E-state index >= 15 is 0 Å².